The second-order valence-electron chi connectivity index (χ2n) is 5.49. The predicted octanol–water partition coefficient (Wildman–Crippen LogP) is 1.01. The quantitative estimate of drug-likeness (QED) is 0.702. The summed E-state index contributed by atoms with van der Waals surface area (Å²) in [5, 5.41) is 0. The van der Waals surface area contributed by atoms with Gasteiger partial charge in [0, 0.05) is 31.4 Å². The van der Waals surface area contributed by atoms with Crippen LogP contribution >= 0.6 is 0 Å². The van der Waals surface area contributed by atoms with Crippen molar-refractivity contribution in [3.8, 4) is 0 Å². The molecule has 1 unspecified atom stereocenters. The SMILES string of the molecule is CN1CCC2(CC1)CN(C)S(=O)c1cnccc12. The molecule has 1 fully saturated rings. The van der Waals surface area contributed by atoms with Crippen molar-refractivity contribution in [3.63, 3.8) is 0 Å². The van der Waals surface area contributed by atoms with Crippen LogP contribution in [-0.4, -0.2) is 52.1 Å². The third kappa shape index (κ3) is 1.81. The van der Waals surface area contributed by atoms with Gasteiger partial charge in [0.1, 0.15) is 11.0 Å². The molecule has 0 bridgehead atoms. The maximum absolute atomic E-state index is 12.3. The van der Waals surface area contributed by atoms with Gasteiger partial charge in [-0.1, -0.05) is 0 Å². The molecule has 0 saturated carbocycles. The van der Waals surface area contributed by atoms with Crippen molar-refractivity contribution >= 4 is 11.0 Å². The molecule has 5 heteroatoms. The average Bonchev–Trinajstić information content (AvgIpc) is 2.40. The molecule has 0 amide bonds. The lowest BCUT2D eigenvalue weighted by Crippen LogP contribution is -2.51. The fourth-order valence-corrected chi connectivity index (χ4v) is 4.49. The number of hydrogen-bond acceptors (Lipinski definition) is 3. The van der Waals surface area contributed by atoms with Gasteiger partial charge >= 0.3 is 0 Å². The maximum atomic E-state index is 12.3. The fourth-order valence-electron chi connectivity index (χ4n) is 3.17. The van der Waals surface area contributed by atoms with E-state index in [1.165, 1.54) is 5.56 Å². The molecule has 3 rings (SSSR count). The van der Waals surface area contributed by atoms with Gasteiger partial charge in [-0.3, -0.25) is 4.98 Å². The number of rotatable bonds is 0. The van der Waals surface area contributed by atoms with E-state index in [1.54, 1.807) is 6.20 Å². The minimum Gasteiger partial charge on any atom is -0.306 e. The van der Waals surface area contributed by atoms with Crippen LogP contribution in [0.3, 0.4) is 0 Å². The molecule has 0 aliphatic carbocycles. The molecule has 1 atom stereocenters. The van der Waals surface area contributed by atoms with Gasteiger partial charge in [-0.25, -0.2) is 8.51 Å². The Bertz CT molecular complexity index is 483. The van der Waals surface area contributed by atoms with E-state index >= 15 is 0 Å². The summed E-state index contributed by atoms with van der Waals surface area (Å²) in [5.41, 5.74) is 1.44. The zero-order valence-corrected chi connectivity index (χ0v) is 11.7. The molecular weight excluding hydrogens is 246 g/mol. The van der Waals surface area contributed by atoms with Gasteiger partial charge in [0.15, 0.2) is 0 Å². The van der Waals surface area contributed by atoms with Crippen LogP contribution in [0.5, 0.6) is 0 Å². The van der Waals surface area contributed by atoms with Gasteiger partial charge < -0.3 is 4.90 Å². The average molecular weight is 265 g/mol. The summed E-state index contributed by atoms with van der Waals surface area (Å²) in [6.45, 7) is 3.12. The first kappa shape index (κ1) is 12.3. The van der Waals surface area contributed by atoms with Crippen LogP contribution in [0, 0.1) is 0 Å². The summed E-state index contributed by atoms with van der Waals surface area (Å²) in [6, 6.07) is 2.07. The van der Waals surface area contributed by atoms with Crippen molar-refractivity contribution in [1.29, 1.82) is 0 Å². The Morgan fingerprint density at radius 2 is 2.06 bits per heavy atom. The molecule has 0 radical (unpaired) electrons. The van der Waals surface area contributed by atoms with Crippen molar-refractivity contribution < 1.29 is 4.21 Å². The molecule has 1 aromatic rings. The summed E-state index contributed by atoms with van der Waals surface area (Å²) in [5.74, 6) is 0. The van der Waals surface area contributed by atoms with Crippen molar-refractivity contribution in [1.82, 2.24) is 14.2 Å². The first-order valence-corrected chi connectivity index (χ1v) is 7.49. The molecule has 1 spiro atoms. The largest absolute Gasteiger partial charge is 0.306 e. The van der Waals surface area contributed by atoms with Gasteiger partial charge in [0.2, 0.25) is 0 Å². The lowest BCUT2D eigenvalue weighted by atomic mass is 9.73. The lowest BCUT2D eigenvalue weighted by Gasteiger charge is -2.46. The van der Waals surface area contributed by atoms with E-state index in [9.17, 15) is 4.21 Å². The van der Waals surface area contributed by atoms with Crippen molar-refractivity contribution in [3.05, 3.63) is 24.0 Å². The molecule has 98 valence electrons. The molecule has 4 nitrogen and oxygen atoms in total. The Labute approximate surface area is 111 Å². The Morgan fingerprint density at radius 1 is 1.33 bits per heavy atom. The molecule has 1 saturated heterocycles. The summed E-state index contributed by atoms with van der Waals surface area (Å²) in [7, 11) is 3.08. The summed E-state index contributed by atoms with van der Waals surface area (Å²) >= 11 is 0. The highest BCUT2D eigenvalue weighted by Crippen LogP contribution is 2.42. The molecule has 18 heavy (non-hydrogen) atoms. The van der Waals surface area contributed by atoms with E-state index in [-0.39, 0.29) is 5.41 Å². The molecule has 0 N–H and O–H groups in total. The van der Waals surface area contributed by atoms with Crippen LogP contribution < -0.4 is 0 Å². The van der Waals surface area contributed by atoms with Crippen LogP contribution in [0.1, 0.15) is 18.4 Å². The normalized spacial score (nSPS) is 28.2. The van der Waals surface area contributed by atoms with Crippen LogP contribution in [-0.2, 0) is 16.4 Å². The number of aromatic nitrogens is 1. The highest BCUT2D eigenvalue weighted by molar-refractivity contribution is 7.82. The maximum Gasteiger partial charge on any atom is 0.129 e. The number of nitrogens with zero attached hydrogens (tertiary/aromatic N) is 3. The predicted molar refractivity (Wildman–Crippen MR) is 71.7 cm³/mol. The van der Waals surface area contributed by atoms with Crippen molar-refractivity contribution in [2.45, 2.75) is 23.2 Å². The van der Waals surface area contributed by atoms with Crippen LogP contribution in [0.15, 0.2) is 23.4 Å². The molecule has 0 aromatic carbocycles. The number of likely N-dealkylation sites (tertiary alicyclic amines) is 1. The fraction of sp³-hybridized carbons (Fsp3) is 0.615. The zero-order valence-electron chi connectivity index (χ0n) is 10.9. The lowest BCUT2D eigenvalue weighted by molar-refractivity contribution is 0.163. The minimum atomic E-state index is -1.04. The molecule has 2 aliphatic rings. The first-order chi connectivity index (χ1) is 8.62. The highest BCUT2D eigenvalue weighted by atomic mass is 32.2. The standard InChI is InChI=1S/C13H19N3OS/c1-15-7-4-13(5-8-15)10-16(2)18(17)12-9-14-6-3-11(12)13/h3,6,9H,4-5,7-8,10H2,1-2H3. The Morgan fingerprint density at radius 3 is 2.78 bits per heavy atom. The second-order valence-corrected chi connectivity index (χ2v) is 7.05. The molecule has 2 aliphatic heterocycles. The summed E-state index contributed by atoms with van der Waals surface area (Å²) in [6.07, 6.45) is 5.90. The minimum absolute atomic E-state index is 0.174. The van der Waals surface area contributed by atoms with Gasteiger partial charge in [-0.05, 0) is 44.6 Å². The summed E-state index contributed by atoms with van der Waals surface area (Å²) < 4.78 is 14.3. The Kier molecular flexibility index (Phi) is 3.00. The second kappa shape index (κ2) is 4.40. The first-order valence-electron chi connectivity index (χ1n) is 6.38. The number of likely N-dealkylation sites (N-methyl/N-ethyl adjacent to an activating group) is 1. The van der Waals surface area contributed by atoms with Gasteiger partial charge in [0.25, 0.3) is 0 Å². The van der Waals surface area contributed by atoms with Gasteiger partial charge in [0.05, 0.1) is 4.90 Å². The van der Waals surface area contributed by atoms with Crippen molar-refractivity contribution in [2.75, 3.05) is 33.7 Å². The van der Waals surface area contributed by atoms with Gasteiger partial charge in [-0.2, -0.15) is 0 Å². The third-order valence-electron chi connectivity index (χ3n) is 4.30. The Balaban J connectivity index is 2.06. The van der Waals surface area contributed by atoms with Crippen molar-refractivity contribution in [2.24, 2.45) is 0 Å². The highest BCUT2D eigenvalue weighted by Gasteiger charge is 2.43. The van der Waals surface area contributed by atoms with E-state index < -0.39 is 11.0 Å². The van der Waals surface area contributed by atoms with Gasteiger partial charge in [-0.15, -0.1) is 0 Å². The van der Waals surface area contributed by atoms with Crippen LogP contribution in [0.4, 0.5) is 0 Å². The summed E-state index contributed by atoms with van der Waals surface area (Å²) in [4.78, 5) is 7.43. The van der Waals surface area contributed by atoms with E-state index in [2.05, 4.69) is 23.0 Å². The molecule has 1 aromatic heterocycles. The number of fused-ring (bicyclic) bond motifs is 2. The van der Waals surface area contributed by atoms with E-state index in [0.717, 1.165) is 37.4 Å². The zero-order chi connectivity index (χ0) is 12.8. The Hall–Kier alpha value is -0.780. The number of pyridine rings is 1. The van der Waals surface area contributed by atoms with E-state index in [0.29, 0.717) is 0 Å². The topological polar surface area (TPSA) is 36.4 Å². The third-order valence-corrected chi connectivity index (χ3v) is 5.69. The smallest absolute Gasteiger partial charge is 0.129 e. The van der Waals surface area contributed by atoms with Crippen LogP contribution in [0.2, 0.25) is 0 Å². The molecular formula is C13H19N3OS. The molecule has 3 heterocycles. The van der Waals surface area contributed by atoms with E-state index in [1.807, 2.05) is 17.5 Å². The number of piperidine rings is 1. The van der Waals surface area contributed by atoms with Crippen LogP contribution in [0.25, 0.3) is 0 Å². The van der Waals surface area contributed by atoms with E-state index in [4.69, 9.17) is 0 Å². The number of hydrogen-bond donors (Lipinski definition) is 0. The monoisotopic (exact) mass is 265 g/mol.